The fraction of sp³-hybridized carbons (Fsp3) is 0.618. The first-order valence-corrected chi connectivity index (χ1v) is 15.8. The van der Waals surface area contributed by atoms with Gasteiger partial charge >= 0.3 is 0 Å². The van der Waals surface area contributed by atoms with Crippen molar-refractivity contribution in [1.29, 1.82) is 0 Å². The highest BCUT2D eigenvalue weighted by molar-refractivity contribution is 6.28. The molecule has 3 amide bonds. The Kier molecular flexibility index (Phi) is 8.94. The Morgan fingerprint density at radius 3 is 1.88 bits per heavy atom. The molecule has 0 unspecified atom stereocenters. The standard InChI is InChI=1S/C27H32N2O3.C7H15N/c1-16-8-11-18(12-9-16)28-25(30)20-14-15-22-24-21(13-10-17(2)23(20)24)26(31)29(27(22)32)19-6-4-3-5-7-19;1-6-2-4-7(8)5-3-6/h10,13-16,18-19H,3-9,11-12H2,1-2H3,(H,28,30);6-7H,2-5,8H2,1H3/p+1. The summed E-state index contributed by atoms with van der Waals surface area (Å²) in [5.74, 6) is 1.17. The maximum Gasteiger partial charge on any atom is 0.261 e. The summed E-state index contributed by atoms with van der Waals surface area (Å²) in [6.45, 7) is 6.55. The molecule has 4 N–H and O–H groups in total. The summed E-state index contributed by atoms with van der Waals surface area (Å²) < 4.78 is 0. The second-order valence-electron chi connectivity index (χ2n) is 13.2. The largest absolute Gasteiger partial charge is 0.355 e. The van der Waals surface area contributed by atoms with E-state index in [0.717, 1.165) is 86.6 Å². The van der Waals surface area contributed by atoms with E-state index >= 15 is 0 Å². The maximum atomic E-state index is 13.5. The van der Waals surface area contributed by atoms with Gasteiger partial charge in [-0.2, -0.15) is 0 Å². The normalized spacial score (nSPS) is 27.2. The minimum atomic E-state index is -0.210. The number of amides is 3. The van der Waals surface area contributed by atoms with Gasteiger partial charge in [0.1, 0.15) is 0 Å². The lowest BCUT2D eigenvalue weighted by Crippen LogP contribution is -2.61. The van der Waals surface area contributed by atoms with Gasteiger partial charge in [-0.05, 0) is 112 Å². The molecule has 40 heavy (non-hydrogen) atoms. The first-order chi connectivity index (χ1) is 19.2. The number of aryl methyl sites for hydroxylation is 1. The lowest BCUT2D eigenvalue weighted by Gasteiger charge is -2.36. The van der Waals surface area contributed by atoms with E-state index in [4.69, 9.17) is 0 Å². The van der Waals surface area contributed by atoms with Gasteiger partial charge in [0.2, 0.25) is 0 Å². The number of nitrogens with zero attached hydrogens (tertiary/aromatic N) is 1. The minimum absolute atomic E-state index is 0.0232. The third kappa shape index (κ3) is 5.97. The zero-order valence-electron chi connectivity index (χ0n) is 24.8. The van der Waals surface area contributed by atoms with Crippen molar-refractivity contribution < 1.29 is 20.1 Å². The van der Waals surface area contributed by atoms with Crippen LogP contribution in [0.15, 0.2) is 24.3 Å². The van der Waals surface area contributed by atoms with Gasteiger partial charge in [0, 0.05) is 34.2 Å². The summed E-state index contributed by atoms with van der Waals surface area (Å²) in [5.41, 5.74) is 6.61. The molecule has 0 atom stereocenters. The SMILES string of the molecule is CC1CCC([NH3+])CC1.Cc1ccc2c3c(ccc(C(=O)NC4CCC(C)CC4)c13)C(=O)N(C1CCCCC1)C2=O. The van der Waals surface area contributed by atoms with Crippen LogP contribution in [0.5, 0.6) is 0 Å². The molecule has 3 fully saturated rings. The third-order valence-electron chi connectivity index (χ3n) is 9.94. The molecule has 0 radical (unpaired) electrons. The number of hydrogen-bond donors (Lipinski definition) is 2. The summed E-state index contributed by atoms with van der Waals surface area (Å²) in [7, 11) is 0. The summed E-state index contributed by atoms with van der Waals surface area (Å²) >= 11 is 0. The molecular weight excluding hydrogens is 498 g/mol. The van der Waals surface area contributed by atoms with Gasteiger partial charge in [-0.15, -0.1) is 0 Å². The van der Waals surface area contributed by atoms with Crippen molar-refractivity contribution in [3.05, 3.63) is 46.5 Å². The predicted molar refractivity (Wildman–Crippen MR) is 159 cm³/mol. The van der Waals surface area contributed by atoms with Crippen LogP contribution in [-0.2, 0) is 0 Å². The van der Waals surface area contributed by atoms with Gasteiger partial charge in [-0.25, -0.2) is 0 Å². The van der Waals surface area contributed by atoms with Crippen LogP contribution in [0.2, 0.25) is 0 Å². The third-order valence-corrected chi connectivity index (χ3v) is 9.94. The average Bonchev–Trinajstić information content (AvgIpc) is 2.96. The van der Waals surface area contributed by atoms with Crippen molar-refractivity contribution in [3.63, 3.8) is 0 Å². The van der Waals surface area contributed by atoms with Crippen molar-refractivity contribution >= 4 is 28.5 Å². The topological polar surface area (TPSA) is 94.1 Å². The first kappa shape index (κ1) is 28.8. The van der Waals surface area contributed by atoms with Gasteiger partial charge in [0.15, 0.2) is 0 Å². The van der Waals surface area contributed by atoms with Crippen molar-refractivity contribution in [2.45, 2.75) is 122 Å². The molecule has 0 bridgehead atoms. The molecule has 6 heteroatoms. The number of nitrogens with one attached hydrogen (secondary N) is 1. The first-order valence-electron chi connectivity index (χ1n) is 15.8. The van der Waals surface area contributed by atoms with E-state index in [1.165, 1.54) is 30.6 Å². The van der Waals surface area contributed by atoms with E-state index in [2.05, 4.69) is 24.9 Å². The molecule has 3 saturated carbocycles. The van der Waals surface area contributed by atoms with Crippen LogP contribution in [0.3, 0.4) is 0 Å². The van der Waals surface area contributed by atoms with E-state index in [1.54, 1.807) is 12.1 Å². The Morgan fingerprint density at radius 2 is 1.30 bits per heavy atom. The van der Waals surface area contributed by atoms with E-state index in [0.29, 0.717) is 22.1 Å². The molecule has 6 rings (SSSR count). The zero-order valence-corrected chi connectivity index (χ0v) is 24.8. The average molecular weight is 547 g/mol. The van der Waals surface area contributed by atoms with E-state index in [1.807, 2.05) is 19.1 Å². The fourth-order valence-corrected chi connectivity index (χ4v) is 7.23. The lowest BCUT2D eigenvalue weighted by molar-refractivity contribution is -0.426. The summed E-state index contributed by atoms with van der Waals surface area (Å²) in [6, 6.07) is 8.21. The number of quaternary nitrogens is 1. The molecule has 6 nitrogen and oxygen atoms in total. The predicted octanol–water partition coefficient (Wildman–Crippen LogP) is 6.19. The van der Waals surface area contributed by atoms with Gasteiger partial charge in [0.05, 0.1) is 6.04 Å². The monoisotopic (exact) mass is 546 g/mol. The van der Waals surface area contributed by atoms with Crippen LogP contribution in [-0.4, -0.2) is 40.7 Å². The van der Waals surface area contributed by atoms with Crippen LogP contribution in [0.4, 0.5) is 0 Å². The molecule has 1 heterocycles. The quantitative estimate of drug-likeness (QED) is 0.449. The molecule has 216 valence electrons. The summed E-state index contributed by atoms with van der Waals surface area (Å²) in [4.78, 5) is 41.7. The van der Waals surface area contributed by atoms with Crippen LogP contribution in [0.1, 0.15) is 134 Å². The van der Waals surface area contributed by atoms with E-state index < -0.39 is 0 Å². The Hall–Kier alpha value is -2.73. The van der Waals surface area contributed by atoms with Crippen LogP contribution >= 0.6 is 0 Å². The number of carbonyl (C=O) groups excluding carboxylic acids is 3. The van der Waals surface area contributed by atoms with E-state index in [-0.39, 0.29) is 29.8 Å². The number of rotatable bonds is 3. The van der Waals surface area contributed by atoms with Crippen molar-refractivity contribution in [2.24, 2.45) is 11.8 Å². The van der Waals surface area contributed by atoms with Gasteiger partial charge in [0.25, 0.3) is 17.7 Å². The van der Waals surface area contributed by atoms with Crippen LogP contribution in [0.25, 0.3) is 10.8 Å². The Balaban J connectivity index is 0.000000348. The molecule has 0 aromatic heterocycles. The Labute approximate surface area is 239 Å². The fourth-order valence-electron chi connectivity index (χ4n) is 7.23. The second kappa shape index (κ2) is 12.4. The van der Waals surface area contributed by atoms with Crippen molar-refractivity contribution in [3.8, 4) is 0 Å². The second-order valence-corrected chi connectivity index (χ2v) is 13.2. The van der Waals surface area contributed by atoms with Crippen molar-refractivity contribution in [2.75, 3.05) is 0 Å². The van der Waals surface area contributed by atoms with Crippen LogP contribution < -0.4 is 11.1 Å². The molecular formula is C34H48N3O3+. The maximum absolute atomic E-state index is 13.5. The van der Waals surface area contributed by atoms with Crippen molar-refractivity contribution in [1.82, 2.24) is 10.2 Å². The molecule has 0 spiro atoms. The highest BCUT2D eigenvalue weighted by Gasteiger charge is 2.38. The smallest absolute Gasteiger partial charge is 0.261 e. The Morgan fingerprint density at radius 1 is 0.750 bits per heavy atom. The number of hydrogen-bond acceptors (Lipinski definition) is 3. The number of benzene rings is 2. The zero-order chi connectivity index (χ0) is 28.4. The molecule has 0 saturated heterocycles. The lowest BCUT2D eigenvalue weighted by atomic mass is 9.85. The Bertz CT molecular complexity index is 1220. The number of imide groups is 1. The van der Waals surface area contributed by atoms with Gasteiger partial charge < -0.3 is 11.1 Å². The summed E-state index contributed by atoms with van der Waals surface area (Å²) in [5, 5.41) is 4.61. The summed E-state index contributed by atoms with van der Waals surface area (Å²) in [6.07, 6.45) is 14.8. The van der Waals surface area contributed by atoms with Gasteiger partial charge in [-0.1, -0.05) is 39.2 Å². The number of carbonyl (C=O) groups is 3. The molecule has 1 aliphatic heterocycles. The highest BCUT2D eigenvalue weighted by Crippen LogP contribution is 2.37. The van der Waals surface area contributed by atoms with Crippen LogP contribution in [0, 0.1) is 18.8 Å². The van der Waals surface area contributed by atoms with E-state index in [9.17, 15) is 14.4 Å². The molecule has 2 aromatic rings. The molecule has 4 aliphatic rings. The van der Waals surface area contributed by atoms with Gasteiger partial charge in [-0.3, -0.25) is 19.3 Å². The molecule has 3 aliphatic carbocycles. The minimum Gasteiger partial charge on any atom is -0.355 e. The molecule has 2 aromatic carbocycles. The highest BCUT2D eigenvalue weighted by atomic mass is 16.2.